The van der Waals surface area contributed by atoms with Crippen molar-refractivity contribution in [3.8, 4) is 0 Å². The molecule has 0 bridgehead atoms. The van der Waals surface area contributed by atoms with E-state index in [1.54, 1.807) is 0 Å². The number of halogens is 9. The maximum Gasteiger partial charge on any atom is 0.460 e. The molecule has 0 aliphatic carbocycles. The van der Waals surface area contributed by atoms with Gasteiger partial charge >= 0.3 is 23.3 Å². The molecule has 0 amide bonds. The van der Waals surface area contributed by atoms with Gasteiger partial charge in [-0.2, -0.15) is 39.5 Å². The van der Waals surface area contributed by atoms with Crippen LogP contribution < -0.4 is 0 Å². The van der Waals surface area contributed by atoms with Gasteiger partial charge < -0.3 is 4.55 Å². The zero-order valence-electron chi connectivity index (χ0n) is 20.4. The molecule has 0 radical (unpaired) electrons. The van der Waals surface area contributed by atoms with Crippen molar-refractivity contribution >= 4 is 21.0 Å². The molecule has 0 aliphatic heterocycles. The van der Waals surface area contributed by atoms with Gasteiger partial charge in [-0.05, 0) is 62.2 Å². The third-order valence-corrected chi connectivity index (χ3v) is 8.87. The summed E-state index contributed by atoms with van der Waals surface area (Å²) in [5.74, 6) is -14.8. The highest BCUT2D eigenvalue weighted by Crippen LogP contribution is 2.54. The summed E-state index contributed by atoms with van der Waals surface area (Å²) in [6, 6.07) is 26.2. The molecular formula is C25H21F9O3S2. The van der Waals surface area contributed by atoms with Crippen LogP contribution >= 0.6 is 0 Å². The molecule has 0 saturated heterocycles. The van der Waals surface area contributed by atoms with E-state index in [1.165, 1.54) is 31.4 Å². The maximum absolute atomic E-state index is 12.2. The van der Waals surface area contributed by atoms with Crippen molar-refractivity contribution in [1.29, 1.82) is 0 Å². The third-order valence-electron chi connectivity index (χ3n) is 5.62. The fraction of sp³-hybridized carbons (Fsp3) is 0.280. The fourth-order valence-electron chi connectivity index (χ4n) is 3.17. The summed E-state index contributed by atoms with van der Waals surface area (Å²) >= 11 is 0. The van der Waals surface area contributed by atoms with Gasteiger partial charge in [-0.3, -0.25) is 0 Å². The van der Waals surface area contributed by atoms with E-state index < -0.39 is 33.4 Å². The average Bonchev–Trinajstić information content (AvgIpc) is 2.84. The Bertz CT molecular complexity index is 1340. The number of rotatable bonds is 6. The van der Waals surface area contributed by atoms with Crippen LogP contribution in [0.1, 0.15) is 16.7 Å². The van der Waals surface area contributed by atoms with Crippen molar-refractivity contribution in [2.45, 2.75) is 58.7 Å². The van der Waals surface area contributed by atoms with Crippen LogP contribution in [0.2, 0.25) is 0 Å². The van der Waals surface area contributed by atoms with Gasteiger partial charge in [0.05, 0.1) is 10.9 Å². The monoisotopic (exact) mass is 604 g/mol. The number of benzene rings is 3. The Morgan fingerprint density at radius 1 is 0.615 bits per heavy atom. The van der Waals surface area contributed by atoms with Crippen LogP contribution in [0, 0.1) is 20.8 Å². The second-order valence-electron chi connectivity index (χ2n) is 8.18. The van der Waals surface area contributed by atoms with E-state index in [4.69, 9.17) is 0 Å². The highest BCUT2D eigenvalue weighted by Gasteiger charge is 2.83. The van der Waals surface area contributed by atoms with Crippen LogP contribution in [0.5, 0.6) is 0 Å². The van der Waals surface area contributed by atoms with Crippen LogP contribution in [0.4, 0.5) is 39.5 Å². The van der Waals surface area contributed by atoms with Crippen LogP contribution in [0.15, 0.2) is 87.5 Å². The Labute approximate surface area is 221 Å². The van der Waals surface area contributed by atoms with Gasteiger partial charge in [-0.25, -0.2) is 8.42 Å². The van der Waals surface area contributed by atoms with Crippen molar-refractivity contribution in [2.24, 2.45) is 0 Å². The lowest BCUT2D eigenvalue weighted by molar-refractivity contribution is -0.382. The summed E-state index contributed by atoms with van der Waals surface area (Å²) < 4.78 is 135. The molecule has 39 heavy (non-hydrogen) atoms. The Balaban J connectivity index is 0.000000285. The van der Waals surface area contributed by atoms with Crippen molar-refractivity contribution in [3.63, 3.8) is 0 Å². The van der Waals surface area contributed by atoms with E-state index in [0.717, 1.165) is 0 Å². The minimum absolute atomic E-state index is 0.0448. The van der Waals surface area contributed by atoms with E-state index in [9.17, 15) is 52.5 Å². The van der Waals surface area contributed by atoms with Gasteiger partial charge in [0.15, 0.2) is 24.8 Å². The molecule has 214 valence electrons. The standard InChI is InChI=1S/C21H21S.C4HF9O3S/c1-16-14-15-21(18(3)17(16)2)22(19-10-6-4-7-11-19)20-12-8-5-9-13-20;5-1(6,3(9,10)11)2(7,8)4(12,13)17(14,15)16/h4-15H,1-3H3;(H,14,15,16)/q+1;/p-1. The summed E-state index contributed by atoms with van der Waals surface area (Å²) in [7, 11) is -7.46. The van der Waals surface area contributed by atoms with Crippen LogP contribution in [-0.2, 0) is 21.0 Å². The zero-order chi connectivity index (χ0) is 30.0. The Kier molecular flexibility index (Phi) is 9.51. The Morgan fingerprint density at radius 2 is 1.03 bits per heavy atom. The molecule has 0 aliphatic rings. The van der Waals surface area contributed by atoms with Crippen LogP contribution in [0.25, 0.3) is 0 Å². The summed E-state index contributed by atoms with van der Waals surface area (Å²) in [6.07, 6.45) is -7.16. The molecule has 3 nitrogen and oxygen atoms in total. The van der Waals surface area contributed by atoms with E-state index >= 15 is 0 Å². The lowest BCUT2D eigenvalue weighted by Gasteiger charge is -2.34. The van der Waals surface area contributed by atoms with Crippen molar-refractivity contribution in [2.75, 3.05) is 0 Å². The first-order chi connectivity index (χ1) is 17.7. The molecule has 3 aromatic rings. The Hall–Kier alpha value is -2.71. The number of hydrogen-bond acceptors (Lipinski definition) is 3. The first-order valence-corrected chi connectivity index (χ1v) is 13.4. The lowest BCUT2D eigenvalue weighted by Crippen LogP contribution is -2.63. The van der Waals surface area contributed by atoms with Gasteiger partial charge in [0.2, 0.25) is 0 Å². The predicted octanol–water partition coefficient (Wildman–Crippen LogP) is 7.66. The normalized spacial score (nSPS) is 13.2. The lowest BCUT2D eigenvalue weighted by atomic mass is 10.1. The topological polar surface area (TPSA) is 57.2 Å². The second-order valence-corrected chi connectivity index (χ2v) is 11.6. The van der Waals surface area contributed by atoms with Gasteiger partial charge in [-0.15, -0.1) is 0 Å². The molecule has 0 heterocycles. The van der Waals surface area contributed by atoms with Crippen LogP contribution in [0.3, 0.4) is 0 Å². The largest absolute Gasteiger partial charge is 0.743 e. The molecule has 0 atom stereocenters. The average molecular weight is 605 g/mol. The summed E-state index contributed by atoms with van der Waals surface area (Å²) in [6.45, 7) is 6.67. The molecule has 0 aromatic heterocycles. The minimum atomic E-state index is -7.43. The highest BCUT2D eigenvalue weighted by molar-refractivity contribution is 7.97. The van der Waals surface area contributed by atoms with E-state index in [0.29, 0.717) is 0 Å². The molecule has 14 heteroatoms. The summed E-state index contributed by atoms with van der Waals surface area (Å²) in [5, 5.41) is -7.11. The van der Waals surface area contributed by atoms with Crippen molar-refractivity contribution < 1.29 is 52.5 Å². The number of aryl methyl sites for hydroxylation is 1. The molecule has 0 saturated carbocycles. The Morgan fingerprint density at radius 3 is 1.38 bits per heavy atom. The van der Waals surface area contributed by atoms with E-state index in [1.807, 2.05) is 0 Å². The first kappa shape index (κ1) is 32.5. The van der Waals surface area contributed by atoms with Gasteiger partial charge in [0.1, 0.15) is 0 Å². The van der Waals surface area contributed by atoms with Crippen molar-refractivity contribution in [1.82, 2.24) is 0 Å². The van der Waals surface area contributed by atoms with Gasteiger partial charge in [0.25, 0.3) is 0 Å². The predicted molar refractivity (Wildman–Crippen MR) is 126 cm³/mol. The highest BCUT2D eigenvalue weighted by atomic mass is 32.2. The van der Waals surface area contributed by atoms with Crippen LogP contribution in [-0.4, -0.2) is 36.2 Å². The maximum atomic E-state index is 12.2. The SMILES string of the molecule is Cc1ccc([S+](c2ccccc2)c2ccccc2)c(C)c1C.O=S(=O)([O-])C(F)(F)C(F)(F)C(F)(F)C(F)(F)F. The van der Waals surface area contributed by atoms with Gasteiger partial charge in [-0.1, -0.05) is 42.5 Å². The quantitative estimate of drug-likeness (QED) is 0.165. The third kappa shape index (κ3) is 6.38. The van der Waals surface area contributed by atoms with E-state index in [-0.39, 0.29) is 10.9 Å². The first-order valence-electron chi connectivity index (χ1n) is 10.7. The number of alkyl halides is 9. The molecule has 0 N–H and O–H groups in total. The zero-order valence-corrected chi connectivity index (χ0v) is 22.0. The van der Waals surface area contributed by atoms with Gasteiger partial charge in [0, 0.05) is 5.56 Å². The smallest absolute Gasteiger partial charge is 0.460 e. The minimum Gasteiger partial charge on any atom is -0.743 e. The fourth-order valence-corrected chi connectivity index (χ4v) is 5.92. The molecule has 3 rings (SSSR count). The molecule has 0 spiro atoms. The molecular weight excluding hydrogens is 583 g/mol. The molecule has 0 fully saturated rings. The van der Waals surface area contributed by atoms with E-state index in [2.05, 4.69) is 93.6 Å². The number of hydrogen-bond donors (Lipinski definition) is 0. The molecule has 3 aromatic carbocycles. The molecule has 0 unspecified atom stereocenters. The second kappa shape index (κ2) is 11.4. The summed E-state index contributed by atoms with van der Waals surface area (Å²) in [4.78, 5) is 4.18. The summed E-state index contributed by atoms with van der Waals surface area (Å²) in [5.41, 5.74) is 4.18. The van der Waals surface area contributed by atoms with Crippen molar-refractivity contribution in [3.05, 3.63) is 89.5 Å².